The summed E-state index contributed by atoms with van der Waals surface area (Å²) < 4.78 is 5.40. The van der Waals surface area contributed by atoms with Crippen LogP contribution in [0.5, 0.6) is 0 Å². The number of aryl methyl sites for hydroxylation is 1. The van der Waals surface area contributed by atoms with Crippen LogP contribution in [0.4, 0.5) is 17.6 Å². The Balaban J connectivity index is 1.47. The molecule has 2 aromatic rings. The molecule has 0 amide bonds. The number of nitriles is 1. The molecule has 2 aromatic heterocycles. The van der Waals surface area contributed by atoms with E-state index < -0.39 is 0 Å². The maximum Gasteiger partial charge on any atom is 0.227 e. The molecule has 2 saturated heterocycles. The van der Waals surface area contributed by atoms with Gasteiger partial charge in [-0.05, 0) is 31.9 Å². The minimum absolute atomic E-state index is 0.215. The number of pyridine rings is 1. The average molecular weight is 414 g/mol. The van der Waals surface area contributed by atoms with Gasteiger partial charge >= 0.3 is 0 Å². The molecule has 8 nitrogen and oxygen atoms in total. The summed E-state index contributed by atoms with van der Waals surface area (Å²) >= 11 is 6.28. The van der Waals surface area contributed by atoms with Gasteiger partial charge < -0.3 is 19.9 Å². The Morgan fingerprint density at radius 1 is 1.21 bits per heavy atom. The highest BCUT2D eigenvalue weighted by atomic mass is 35.5. The SMILES string of the molecule is Cc1nc(N2CCC(Nc3ccnc(N4CCOCC4)n3)C2)c(C#N)c(C)c1Cl. The molecular weight excluding hydrogens is 390 g/mol. The minimum Gasteiger partial charge on any atom is -0.378 e. The van der Waals surface area contributed by atoms with Crippen LogP contribution < -0.4 is 15.1 Å². The molecule has 9 heteroatoms. The van der Waals surface area contributed by atoms with Crippen LogP contribution in [-0.4, -0.2) is 60.4 Å². The lowest BCUT2D eigenvalue weighted by molar-refractivity contribution is 0.122. The number of nitrogens with one attached hydrogen (secondary N) is 1. The molecule has 2 aliphatic heterocycles. The summed E-state index contributed by atoms with van der Waals surface area (Å²) in [4.78, 5) is 18.0. The van der Waals surface area contributed by atoms with Gasteiger partial charge in [0.25, 0.3) is 0 Å². The quantitative estimate of drug-likeness (QED) is 0.817. The molecule has 1 atom stereocenters. The third kappa shape index (κ3) is 4.07. The number of hydrogen-bond acceptors (Lipinski definition) is 8. The molecule has 4 heterocycles. The summed E-state index contributed by atoms with van der Waals surface area (Å²) in [6.45, 7) is 8.33. The third-order valence-electron chi connectivity index (χ3n) is 5.41. The van der Waals surface area contributed by atoms with Crippen LogP contribution in [0, 0.1) is 25.2 Å². The molecule has 0 saturated carbocycles. The van der Waals surface area contributed by atoms with Gasteiger partial charge in [-0.15, -0.1) is 0 Å². The lowest BCUT2D eigenvalue weighted by atomic mass is 10.1. The van der Waals surface area contributed by atoms with Gasteiger partial charge in [0.15, 0.2) is 0 Å². The Hall–Kier alpha value is -2.63. The van der Waals surface area contributed by atoms with Crippen LogP contribution in [0.2, 0.25) is 5.02 Å². The lowest BCUT2D eigenvalue weighted by Gasteiger charge is -2.27. The van der Waals surface area contributed by atoms with Gasteiger partial charge in [-0.1, -0.05) is 11.6 Å². The number of ether oxygens (including phenoxy) is 1. The van der Waals surface area contributed by atoms with Crippen molar-refractivity contribution in [1.29, 1.82) is 5.26 Å². The fraction of sp³-hybridized carbons (Fsp3) is 0.500. The van der Waals surface area contributed by atoms with Crippen molar-refractivity contribution in [3.05, 3.63) is 34.1 Å². The van der Waals surface area contributed by atoms with Crippen molar-refractivity contribution in [3.63, 3.8) is 0 Å². The Morgan fingerprint density at radius 2 is 2.00 bits per heavy atom. The monoisotopic (exact) mass is 413 g/mol. The number of morpholine rings is 1. The van der Waals surface area contributed by atoms with E-state index in [1.54, 1.807) is 6.20 Å². The Morgan fingerprint density at radius 3 is 2.76 bits per heavy atom. The molecular formula is C20H24ClN7O. The molecule has 0 bridgehead atoms. The van der Waals surface area contributed by atoms with Crippen LogP contribution in [-0.2, 0) is 4.74 Å². The first-order chi connectivity index (χ1) is 14.1. The van der Waals surface area contributed by atoms with Gasteiger partial charge in [-0.2, -0.15) is 10.2 Å². The zero-order valence-electron chi connectivity index (χ0n) is 16.7. The number of aromatic nitrogens is 3. The van der Waals surface area contributed by atoms with E-state index in [0.717, 1.165) is 55.6 Å². The predicted molar refractivity (Wildman–Crippen MR) is 113 cm³/mol. The van der Waals surface area contributed by atoms with E-state index in [1.165, 1.54) is 0 Å². The second-order valence-electron chi connectivity index (χ2n) is 7.36. The van der Waals surface area contributed by atoms with Crippen molar-refractivity contribution in [2.75, 3.05) is 54.5 Å². The standard InChI is InChI=1S/C20H24ClN7O/c1-13-16(11-22)19(24-14(2)18(13)21)28-6-4-15(12-28)25-17-3-5-23-20(26-17)27-7-9-29-10-8-27/h3,5,15H,4,6-10,12H2,1-2H3,(H,23,25,26). The summed E-state index contributed by atoms with van der Waals surface area (Å²) in [7, 11) is 0. The topological polar surface area (TPSA) is 90.2 Å². The first kappa shape index (κ1) is 19.7. The molecule has 0 radical (unpaired) electrons. The summed E-state index contributed by atoms with van der Waals surface area (Å²) in [5.41, 5.74) is 2.09. The molecule has 0 spiro atoms. The van der Waals surface area contributed by atoms with Crippen molar-refractivity contribution in [1.82, 2.24) is 15.0 Å². The molecule has 4 rings (SSSR count). The first-order valence-electron chi connectivity index (χ1n) is 9.81. The predicted octanol–water partition coefficient (Wildman–Crippen LogP) is 2.54. The van der Waals surface area contributed by atoms with E-state index in [2.05, 4.69) is 36.1 Å². The third-order valence-corrected chi connectivity index (χ3v) is 5.96. The molecule has 29 heavy (non-hydrogen) atoms. The normalized spacial score (nSPS) is 19.3. The lowest BCUT2D eigenvalue weighted by Crippen LogP contribution is -2.37. The van der Waals surface area contributed by atoms with Gasteiger partial charge in [0.05, 0.1) is 29.5 Å². The molecule has 2 aliphatic rings. The van der Waals surface area contributed by atoms with Crippen molar-refractivity contribution in [3.8, 4) is 6.07 Å². The van der Waals surface area contributed by atoms with Gasteiger partial charge in [-0.3, -0.25) is 0 Å². The maximum absolute atomic E-state index is 9.61. The molecule has 0 aromatic carbocycles. The smallest absolute Gasteiger partial charge is 0.227 e. The Bertz CT molecular complexity index is 939. The highest BCUT2D eigenvalue weighted by Gasteiger charge is 2.27. The van der Waals surface area contributed by atoms with E-state index in [4.69, 9.17) is 16.3 Å². The highest BCUT2D eigenvalue weighted by molar-refractivity contribution is 6.32. The maximum atomic E-state index is 9.61. The van der Waals surface area contributed by atoms with E-state index in [9.17, 15) is 5.26 Å². The summed E-state index contributed by atoms with van der Waals surface area (Å²) in [5.74, 6) is 2.25. The number of nitrogens with zero attached hydrogens (tertiary/aromatic N) is 6. The zero-order chi connectivity index (χ0) is 20.4. The number of halogens is 1. The second kappa shape index (κ2) is 8.39. The van der Waals surface area contributed by atoms with Crippen LogP contribution in [0.15, 0.2) is 12.3 Å². The molecule has 1 unspecified atom stereocenters. The fourth-order valence-electron chi connectivity index (χ4n) is 3.80. The van der Waals surface area contributed by atoms with Crippen LogP contribution >= 0.6 is 11.6 Å². The molecule has 2 fully saturated rings. The molecule has 152 valence electrons. The van der Waals surface area contributed by atoms with Gasteiger partial charge in [0, 0.05) is 38.4 Å². The second-order valence-corrected chi connectivity index (χ2v) is 7.74. The van der Waals surface area contributed by atoms with Gasteiger partial charge in [-0.25, -0.2) is 9.97 Å². The van der Waals surface area contributed by atoms with Gasteiger partial charge in [0.2, 0.25) is 5.95 Å². The zero-order valence-corrected chi connectivity index (χ0v) is 17.4. The Kier molecular flexibility index (Phi) is 5.69. The van der Waals surface area contributed by atoms with E-state index in [-0.39, 0.29) is 6.04 Å². The minimum atomic E-state index is 0.215. The van der Waals surface area contributed by atoms with E-state index in [1.807, 2.05) is 19.9 Å². The largest absolute Gasteiger partial charge is 0.378 e. The number of rotatable bonds is 4. The van der Waals surface area contributed by atoms with E-state index in [0.29, 0.717) is 29.6 Å². The van der Waals surface area contributed by atoms with Crippen LogP contribution in [0.1, 0.15) is 23.2 Å². The highest BCUT2D eigenvalue weighted by Crippen LogP contribution is 2.31. The van der Waals surface area contributed by atoms with Crippen molar-refractivity contribution in [2.45, 2.75) is 26.3 Å². The fourth-order valence-corrected chi connectivity index (χ4v) is 3.94. The number of anilines is 3. The average Bonchev–Trinajstić information content (AvgIpc) is 3.21. The van der Waals surface area contributed by atoms with Crippen molar-refractivity contribution in [2.24, 2.45) is 0 Å². The molecule has 1 N–H and O–H groups in total. The van der Waals surface area contributed by atoms with Crippen LogP contribution in [0.3, 0.4) is 0 Å². The van der Waals surface area contributed by atoms with E-state index >= 15 is 0 Å². The van der Waals surface area contributed by atoms with Gasteiger partial charge in [0.1, 0.15) is 17.7 Å². The van der Waals surface area contributed by atoms with Crippen molar-refractivity contribution >= 4 is 29.2 Å². The van der Waals surface area contributed by atoms with Crippen LogP contribution in [0.25, 0.3) is 0 Å². The molecule has 0 aliphatic carbocycles. The Labute approximate surface area is 175 Å². The van der Waals surface area contributed by atoms with Crippen molar-refractivity contribution < 1.29 is 4.74 Å². The first-order valence-corrected chi connectivity index (χ1v) is 10.2. The summed E-state index contributed by atoms with van der Waals surface area (Å²) in [6, 6.07) is 4.38. The summed E-state index contributed by atoms with van der Waals surface area (Å²) in [6.07, 6.45) is 2.72. The number of hydrogen-bond donors (Lipinski definition) is 1. The summed E-state index contributed by atoms with van der Waals surface area (Å²) in [5, 5.41) is 13.7.